The summed E-state index contributed by atoms with van der Waals surface area (Å²) in [6.45, 7) is 0.600. The smallest absolute Gasteiger partial charge is 0.108 e. The van der Waals surface area contributed by atoms with Crippen LogP contribution in [0.2, 0.25) is 0 Å². The fourth-order valence-corrected chi connectivity index (χ4v) is 0.810. The second-order valence-electron chi connectivity index (χ2n) is 2.09. The van der Waals surface area contributed by atoms with E-state index in [1.54, 1.807) is 0 Å². The van der Waals surface area contributed by atoms with Gasteiger partial charge in [0.25, 0.3) is 0 Å². The Morgan fingerprint density at radius 3 is 2.75 bits per heavy atom. The standard InChI is InChI=1S/C5H11NO2/c6-5-3-4(7)1-2-8-5/h4-5,7H,1-3,6H2/t4-,5?/m0/s1. The summed E-state index contributed by atoms with van der Waals surface area (Å²) in [6, 6.07) is 0. The monoisotopic (exact) mass is 117 g/mol. The molecule has 3 heteroatoms. The summed E-state index contributed by atoms with van der Waals surface area (Å²) in [5, 5.41) is 8.92. The highest BCUT2D eigenvalue weighted by Crippen LogP contribution is 2.08. The SMILES string of the molecule is NC1C[C@@H](O)CCO1. The van der Waals surface area contributed by atoms with Crippen LogP contribution in [-0.4, -0.2) is 24.0 Å². The number of hydrogen-bond acceptors (Lipinski definition) is 3. The normalized spacial score (nSPS) is 39.8. The van der Waals surface area contributed by atoms with E-state index < -0.39 is 0 Å². The minimum atomic E-state index is -0.237. The van der Waals surface area contributed by atoms with Gasteiger partial charge in [-0.2, -0.15) is 0 Å². The highest BCUT2D eigenvalue weighted by Gasteiger charge is 2.16. The van der Waals surface area contributed by atoms with E-state index in [1.807, 2.05) is 0 Å². The molecule has 0 aliphatic carbocycles. The molecule has 0 saturated carbocycles. The van der Waals surface area contributed by atoms with Crippen molar-refractivity contribution in [2.75, 3.05) is 6.61 Å². The molecule has 0 aromatic rings. The van der Waals surface area contributed by atoms with E-state index in [0.29, 0.717) is 13.0 Å². The molecular weight excluding hydrogens is 106 g/mol. The lowest BCUT2D eigenvalue weighted by Crippen LogP contribution is -2.34. The summed E-state index contributed by atoms with van der Waals surface area (Å²) in [7, 11) is 0. The van der Waals surface area contributed by atoms with Gasteiger partial charge in [0.05, 0.1) is 12.7 Å². The predicted molar refractivity (Wildman–Crippen MR) is 29.2 cm³/mol. The molecule has 48 valence electrons. The summed E-state index contributed by atoms with van der Waals surface area (Å²) in [5.74, 6) is 0. The second kappa shape index (κ2) is 2.44. The molecular formula is C5H11NO2. The minimum absolute atomic E-state index is 0.237. The van der Waals surface area contributed by atoms with Gasteiger partial charge in [-0.15, -0.1) is 0 Å². The lowest BCUT2D eigenvalue weighted by molar-refractivity contribution is -0.0397. The Bertz CT molecular complexity index is 68.8. The van der Waals surface area contributed by atoms with E-state index in [2.05, 4.69) is 0 Å². The van der Waals surface area contributed by atoms with Crippen molar-refractivity contribution in [2.24, 2.45) is 5.73 Å². The van der Waals surface area contributed by atoms with Crippen molar-refractivity contribution in [3.05, 3.63) is 0 Å². The molecule has 1 fully saturated rings. The van der Waals surface area contributed by atoms with E-state index in [0.717, 1.165) is 6.42 Å². The Balaban J connectivity index is 2.23. The van der Waals surface area contributed by atoms with Crippen LogP contribution in [0.15, 0.2) is 0 Å². The molecule has 1 rings (SSSR count). The summed E-state index contributed by atoms with van der Waals surface area (Å²) < 4.78 is 4.97. The van der Waals surface area contributed by atoms with Crippen LogP contribution in [0.5, 0.6) is 0 Å². The van der Waals surface area contributed by atoms with Gasteiger partial charge in [-0.3, -0.25) is 0 Å². The Kier molecular flexibility index (Phi) is 1.83. The van der Waals surface area contributed by atoms with Gasteiger partial charge in [0, 0.05) is 6.42 Å². The van der Waals surface area contributed by atoms with Crippen LogP contribution in [0.25, 0.3) is 0 Å². The largest absolute Gasteiger partial charge is 0.393 e. The van der Waals surface area contributed by atoms with Gasteiger partial charge in [0.15, 0.2) is 0 Å². The zero-order chi connectivity index (χ0) is 5.98. The molecule has 3 N–H and O–H groups in total. The van der Waals surface area contributed by atoms with Crippen molar-refractivity contribution in [2.45, 2.75) is 25.2 Å². The predicted octanol–water partition coefficient (Wildman–Crippen LogP) is -0.558. The number of hydrogen-bond donors (Lipinski definition) is 2. The average molecular weight is 117 g/mol. The first-order chi connectivity index (χ1) is 3.79. The molecule has 0 bridgehead atoms. The topological polar surface area (TPSA) is 55.5 Å². The minimum Gasteiger partial charge on any atom is -0.393 e. The highest BCUT2D eigenvalue weighted by molar-refractivity contribution is 4.64. The molecule has 0 radical (unpaired) electrons. The van der Waals surface area contributed by atoms with Gasteiger partial charge in [0.2, 0.25) is 0 Å². The third-order valence-corrected chi connectivity index (χ3v) is 1.29. The summed E-state index contributed by atoms with van der Waals surface area (Å²) in [5.41, 5.74) is 5.34. The van der Waals surface area contributed by atoms with Crippen molar-refractivity contribution in [1.82, 2.24) is 0 Å². The first-order valence-corrected chi connectivity index (χ1v) is 2.84. The maximum Gasteiger partial charge on any atom is 0.108 e. The van der Waals surface area contributed by atoms with Gasteiger partial charge in [0.1, 0.15) is 6.23 Å². The van der Waals surface area contributed by atoms with Crippen molar-refractivity contribution < 1.29 is 9.84 Å². The first-order valence-electron chi connectivity index (χ1n) is 2.84. The van der Waals surface area contributed by atoms with Crippen molar-refractivity contribution >= 4 is 0 Å². The second-order valence-corrected chi connectivity index (χ2v) is 2.09. The molecule has 1 aliphatic heterocycles. The van der Waals surface area contributed by atoms with Crippen molar-refractivity contribution in [3.8, 4) is 0 Å². The van der Waals surface area contributed by atoms with Crippen molar-refractivity contribution in [3.63, 3.8) is 0 Å². The van der Waals surface area contributed by atoms with Gasteiger partial charge in [-0.25, -0.2) is 0 Å². The average Bonchev–Trinajstić information content (AvgIpc) is 1.64. The van der Waals surface area contributed by atoms with E-state index in [-0.39, 0.29) is 12.3 Å². The third-order valence-electron chi connectivity index (χ3n) is 1.29. The zero-order valence-corrected chi connectivity index (χ0v) is 4.71. The van der Waals surface area contributed by atoms with Gasteiger partial charge in [-0.1, -0.05) is 0 Å². The lowest BCUT2D eigenvalue weighted by Gasteiger charge is -2.22. The van der Waals surface area contributed by atoms with Crippen LogP contribution < -0.4 is 5.73 Å². The van der Waals surface area contributed by atoms with Crippen LogP contribution in [0.4, 0.5) is 0 Å². The molecule has 2 atom stereocenters. The highest BCUT2D eigenvalue weighted by atomic mass is 16.5. The molecule has 1 saturated heterocycles. The van der Waals surface area contributed by atoms with Crippen molar-refractivity contribution in [1.29, 1.82) is 0 Å². The molecule has 0 amide bonds. The van der Waals surface area contributed by atoms with Gasteiger partial charge < -0.3 is 15.6 Å². The summed E-state index contributed by atoms with van der Waals surface area (Å²) in [6.07, 6.45) is 0.839. The van der Waals surface area contributed by atoms with Crippen LogP contribution in [0.1, 0.15) is 12.8 Å². The molecule has 0 aromatic heterocycles. The fourth-order valence-electron chi connectivity index (χ4n) is 0.810. The Hall–Kier alpha value is -0.120. The lowest BCUT2D eigenvalue weighted by atomic mass is 10.1. The first kappa shape index (κ1) is 6.01. The zero-order valence-electron chi connectivity index (χ0n) is 4.71. The number of ether oxygens (including phenoxy) is 1. The number of rotatable bonds is 0. The van der Waals surface area contributed by atoms with E-state index in [1.165, 1.54) is 0 Å². The summed E-state index contributed by atoms with van der Waals surface area (Å²) in [4.78, 5) is 0. The summed E-state index contributed by atoms with van der Waals surface area (Å²) >= 11 is 0. The molecule has 1 heterocycles. The molecule has 0 aromatic carbocycles. The molecule has 1 unspecified atom stereocenters. The van der Waals surface area contributed by atoms with Crippen LogP contribution >= 0.6 is 0 Å². The quantitative estimate of drug-likeness (QED) is 0.447. The maximum absolute atomic E-state index is 8.92. The number of nitrogens with two attached hydrogens (primary N) is 1. The third kappa shape index (κ3) is 1.43. The van der Waals surface area contributed by atoms with E-state index in [9.17, 15) is 0 Å². The molecule has 1 aliphatic rings. The molecule has 3 nitrogen and oxygen atoms in total. The molecule has 8 heavy (non-hydrogen) atoms. The van der Waals surface area contributed by atoms with E-state index in [4.69, 9.17) is 15.6 Å². The maximum atomic E-state index is 8.92. The van der Waals surface area contributed by atoms with Gasteiger partial charge in [-0.05, 0) is 6.42 Å². The number of aliphatic hydroxyl groups is 1. The van der Waals surface area contributed by atoms with Crippen LogP contribution in [-0.2, 0) is 4.74 Å². The molecule has 0 spiro atoms. The van der Waals surface area contributed by atoms with Crippen LogP contribution in [0, 0.1) is 0 Å². The van der Waals surface area contributed by atoms with Crippen LogP contribution in [0.3, 0.4) is 0 Å². The van der Waals surface area contributed by atoms with Gasteiger partial charge >= 0.3 is 0 Å². The Labute approximate surface area is 48.4 Å². The Morgan fingerprint density at radius 2 is 2.38 bits per heavy atom. The fraction of sp³-hybridized carbons (Fsp3) is 1.00. The number of aliphatic hydroxyl groups excluding tert-OH is 1. The van der Waals surface area contributed by atoms with E-state index >= 15 is 0 Å². The Morgan fingerprint density at radius 1 is 1.62 bits per heavy atom.